The zero-order valence-electron chi connectivity index (χ0n) is 58.3. The maximum atomic E-state index is 13.6. The summed E-state index contributed by atoms with van der Waals surface area (Å²) >= 11 is 0. The van der Waals surface area contributed by atoms with Crippen LogP contribution in [0.4, 0.5) is 0 Å². The van der Waals surface area contributed by atoms with Gasteiger partial charge in [0.25, 0.3) is 0 Å². The van der Waals surface area contributed by atoms with Crippen molar-refractivity contribution in [3.8, 4) is 0 Å². The molecule has 0 rings (SSSR count). The Balaban J connectivity index is 4.97. The van der Waals surface area contributed by atoms with Crippen molar-refractivity contribution in [1.82, 2.24) is 5.32 Å². The lowest BCUT2D eigenvalue weighted by Gasteiger charge is -2.27. The molecule has 0 aliphatic rings. The quantitative estimate of drug-likeness (QED) is 0.0205. The summed E-state index contributed by atoms with van der Waals surface area (Å²) in [5, 5.41) is 3.07. The topological polar surface area (TPSA) is 111 Å². The number of carbonyl (C=O) groups is 2. The Kier molecular flexibility index (Phi) is 64.4. The molecule has 10 heteroatoms. The zero-order valence-corrected chi connectivity index (χ0v) is 59.2. The van der Waals surface area contributed by atoms with Crippen LogP contribution in [-0.4, -0.2) is 74.3 Å². The van der Waals surface area contributed by atoms with Crippen LogP contribution in [0.2, 0.25) is 0 Å². The summed E-state index contributed by atoms with van der Waals surface area (Å²) in [6, 6.07) is -0.853. The number of likely N-dealkylation sites (N-methyl/N-ethyl adjacent to an activating group) is 1. The number of nitrogens with zero attached hydrogens (tertiary/aromatic N) is 1. The van der Waals surface area contributed by atoms with E-state index in [9.17, 15) is 19.0 Å². The molecule has 3 unspecified atom stereocenters. The highest BCUT2D eigenvalue weighted by atomic mass is 31.2. The predicted octanol–water partition coefficient (Wildman–Crippen LogP) is 23.9. The van der Waals surface area contributed by atoms with Crippen molar-refractivity contribution in [2.24, 2.45) is 0 Å². The maximum absolute atomic E-state index is 13.6. The van der Waals surface area contributed by atoms with Crippen molar-refractivity contribution >= 4 is 19.7 Å². The fraction of sp³-hybridized carbons (Fsp3) is 0.818. The summed E-state index contributed by atoms with van der Waals surface area (Å²) in [6.45, 7) is 7.01. The van der Waals surface area contributed by atoms with Gasteiger partial charge < -0.3 is 19.4 Å². The lowest BCUT2D eigenvalue weighted by Crippen LogP contribution is -2.47. The van der Waals surface area contributed by atoms with Crippen molar-refractivity contribution in [3.05, 3.63) is 72.9 Å². The molecule has 3 atom stereocenters. The van der Waals surface area contributed by atoms with Crippen molar-refractivity contribution in [3.63, 3.8) is 0 Å². The first-order valence-corrected chi connectivity index (χ1v) is 38.8. The molecule has 0 aliphatic carbocycles. The van der Waals surface area contributed by atoms with Gasteiger partial charge in [0.2, 0.25) is 5.91 Å². The average molecular weight is 1240 g/mol. The van der Waals surface area contributed by atoms with Gasteiger partial charge in [0.05, 0.1) is 33.8 Å². The third-order valence-corrected chi connectivity index (χ3v) is 17.6. The molecule has 0 aromatic heterocycles. The number of carbonyl (C=O) groups excluding carboxylic acids is 2. The van der Waals surface area contributed by atoms with E-state index < -0.39 is 20.0 Å². The van der Waals surface area contributed by atoms with Crippen LogP contribution in [-0.2, 0) is 27.9 Å². The van der Waals surface area contributed by atoms with Gasteiger partial charge in [0.1, 0.15) is 19.3 Å². The minimum absolute atomic E-state index is 0.0385. The standard InChI is InChI=1S/C77H143N2O7P/c1-7-10-13-16-19-22-25-27-29-31-33-35-37-39-41-43-45-47-49-51-54-57-60-63-66-69-76(80)78-74(73-85-87(82,83)84-72-71-79(4,5)6)75(68-65-62-59-56-53-24-21-18-15-12-9-3)86-77(81)70-67-64-61-58-55-52-50-48-46-44-42-40-38-36-34-32-30-28-26-23-20-17-14-11-8-2/h20,23,27-30,34,36,40,42,65,68,74-75H,7-19,21-22,24-26,31-33,35,37-39,41,43-64,66-67,69-73H2,1-6H3,(H-,78,80,82,83)/p+1/b23-20-,29-27+,30-28-,36-34-,42-40-,68-65+. The van der Waals surface area contributed by atoms with Crippen LogP contribution in [0.5, 0.6) is 0 Å². The molecule has 0 spiro atoms. The highest BCUT2D eigenvalue weighted by molar-refractivity contribution is 7.47. The first-order chi connectivity index (χ1) is 42.4. The fourth-order valence-electron chi connectivity index (χ4n) is 10.9. The van der Waals surface area contributed by atoms with E-state index in [1.54, 1.807) is 0 Å². The molecule has 0 heterocycles. The summed E-state index contributed by atoms with van der Waals surface area (Å²) in [6.07, 6.45) is 87.8. The lowest BCUT2D eigenvalue weighted by atomic mass is 10.0. The Morgan fingerprint density at radius 3 is 1.08 bits per heavy atom. The van der Waals surface area contributed by atoms with Crippen LogP contribution in [0.3, 0.4) is 0 Å². The van der Waals surface area contributed by atoms with Crippen molar-refractivity contribution in [1.29, 1.82) is 0 Å². The molecule has 1 amide bonds. The number of allylic oxidation sites excluding steroid dienone is 11. The van der Waals surface area contributed by atoms with Gasteiger partial charge in [-0.2, -0.15) is 0 Å². The van der Waals surface area contributed by atoms with Gasteiger partial charge in [-0.15, -0.1) is 0 Å². The van der Waals surface area contributed by atoms with Gasteiger partial charge in [-0.25, -0.2) is 4.57 Å². The smallest absolute Gasteiger partial charge is 0.456 e. The molecule has 0 aliphatic heterocycles. The van der Waals surface area contributed by atoms with Gasteiger partial charge >= 0.3 is 13.8 Å². The van der Waals surface area contributed by atoms with E-state index in [0.717, 1.165) is 83.5 Å². The Labute approximate surface area is 540 Å². The highest BCUT2D eigenvalue weighted by Crippen LogP contribution is 2.43. The first kappa shape index (κ1) is 84.5. The number of unbranched alkanes of at least 4 members (excludes halogenated alkanes) is 42. The number of nitrogens with one attached hydrogen (secondary N) is 1. The van der Waals surface area contributed by atoms with Gasteiger partial charge in [0, 0.05) is 12.8 Å². The molecule has 9 nitrogen and oxygen atoms in total. The Morgan fingerprint density at radius 1 is 0.402 bits per heavy atom. The zero-order chi connectivity index (χ0) is 63.5. The van der Waals surface area contributed by atoms with Crippen LogP contribution < -0.4 is 5.32 Å². The molecule has 0 bridgehead atoms. The summed E-state index contributed by atoms with van der Waals surface area (Å²) in [7, 11) is 1.50. The van der Waals surface area contributed by atoms with Gasteiger partial charge in [-0.1, -0.05) is 312 Å². The number of ether oxygens (including phenoxy) is 1. The Bertz CT molecular complexity index is 1720. The number of phosphoric ester groups is 1. The third-order valence-electron chi connectivity index (χ3n) is 16.6. The van der Waals surface area contributed by atoms with E-state index in [4.69, 9.17) is 13.8 Å². The first-order valence-electron chi connectivity index (χ1n) is 37.3. The van der Waals surface area contributed by atoms with Crippen LogP contribution in [0, 0.1) is 0 Å². The number of rotatable bonds is 68. The second-order valence-corrected chi connectivity index (χ2v) is 27.9. The highest BCUT2D eigenvalue weighted by Gasteiger charge is 2.30. The number of quaternary nitrogens is 1. The number of hydrogen-bond donors (Lipinski definition) is 2. The summed E-state index contributed by atoms with van der Waals surface area (Å²) in [4.78, 5) is 37.9. The Hall–Kier alpha value is -2.55. The SMILES string of the molecule is CCCCC/C=C\C/C=C\C/C=C\C/C=C\CCCCCCCCCCCC(=O)OC(/C=C/CCCCCCCCCCC)C(COP(=O)(O)OCC[N+](C)(C)C)NC(=O)CCCCCCCCCCCCCCCCC/C=C/CCCCCCCC. The second kappa shape index (κ2) is 66.4. The van der Waals surface area contributed by atoms with E-state index in [2.05, 4.69) is 86.8 Å². The molecule has 0 fully saturated rings. The lowest BCUT2D eigenvalue weighted by molar-refractivity contribution is -0.870. The number of phosphoric acid groups is 1. The molecular weight excluding hydrogens is 1100 g/mol. The monoisotopic (exact) mass is 1240 g/mol. The maximum Gasteiger partial charge on any atom is 0.472 e. The van der Waals surface area contributed by atoms with Gasteiger partial charge in [0.15, 0.2) is 0 Å². The number of hydrogen-bond acceptors (Lipinski definition) is 6. The largest absolute Gasteiger partial charge is 0.472 e. The fourth-order valence-corrected chi connectivity index (χ4v) is 11.6. The number of amides is 1. The van der Waals surface area contributed by atoms with Gasteiger partial charge in [-0.05, 0) is 102 Å². The minimum atomic E-state index is -4.46. The van der Waals surface area contributed by atoms with E-state index in [1.807, 2.05) is 33.3 Å². The van der Waals surface area contributed by atoms with Crippen LogP contribution in [0.1, 0.15) is 355 Å². The van der Waals surface area contributed by atoms with Gasteiger partial charge in [-0.3, -0.25) is 18.6 Å². The average Bonchev–Trinajstić information content (AvgIpc) is 3.70. The molecule has 0 saturated carbocycles. The molecule has 2 N–H and O–H groups in total. The minimum Gasteiger partial charge on any atom is -0.456 e. The summed E-state index contributed by atoms with van der Waals surface area (Å²) < 4.78 is 30.8. The van der Waals surface area contributed by atoms with Crippen LogP contribution >= 0.6 is 7.82 Å². The predicted molar refractivity (Wildman–Crippen MR) is 378 cm³/mol. The molecule has 508 valence electrons. The molecule has 0 saturated heterocycles. The second-order valence-electron chi connectivity index (χ2n) is 26.5. The van der Waals surface area contributed by atoms with Crippen molar-refractivity contribution in [2.75, 3.05) is 40.9 Å². The van der Waals surface area contributed by atoms with Crippen LogP contribution in [0.25, 0.3) is 0 Å². The Morgan fingerprint density at radius 2 is 0.701 bits per heavy atom. The summed E-state index contributed by atoms with van der Waals surface area (Å²) in [5.74, 6) is -0.501. The van der Waals surface area contributed by atoms with Crippen molar-refractivity contribution < 1.29 is 37.3 Å². The van der Waals surface area contributed by atoms with E-state index >= 15 is 0 Å². The molecular formula is C77H144N2O7P+. The normalized spacial score (nSPS) is 13.9. The molecule has 0 radical (unpaired) electrons. The number of esters is 1. The van der Waals surface area contributed by atoms with E-state index in [-0.39, 0.29) is 31.5 Å². The molecule has 0 aromatic rings. The molecule has 0 aromatic carbocycles. The third kappa shape index (κ3) is 67.7. The summed E-state index contributed by atoms with van der Waals surface area (Å²) in [5.41, 5.74) is 0. The molecule has 87 heavy (non-hydrogen) atoms. The van der Waals surface area contributed by atoms with Crippen LogP contribution in [0.15, 0.2) is 72.9 Å². The van der Waals surface area contributed by atoms with Crippen molar-refractivity contribution in [2.45, 2.75) is 367 Å². The van der Waals surface area contributed by atoms with E-state index in [0.29, 0.717) is 17.4 Å². The van der Waals surface area contributed by atoms with E-state index in [1.165, 1.54) is 238 Å².